The second-order valence-corrected chi connectivity index (χ2v) is 5.41. The van der Waals surface area contributed by atoms with Gasteiger partial charge in [-0.2, -0.15) is 0 Å². The van der Waals surface area contributed by atoms with Crippen LogP contribution in [0.15, 0.2) is 60.9 Å². The molecule has 0 fully saturated rings. The van der Waals surface area contributed by atoms with Gasteiger partial charge in [-0.15, -0.1) is 0 Å². The van der Waals surface area contributed by atoms with Gasteiger partial charge < -0.3 is 4.42 Å². The molecule has 6 heteroatoms. The predicted molar refractivity (Wildman–Crippen MR) is 79.9 cm³/mol. The number of nitrogens with zero attached hydrogens (tertiary/aromatic N) is 1. The molecule has 3 rings (SSSR count). The largest absolute Gasteiger partial charge is 0.422 e. The first-order valence-electron chi connectivity index (χ1n) is 6.13. The average Bonchev–Trinajstić information content (AvgIpc) is 2.45. The van der Waals surface area contributed by atoms with Crippen LogP contribution in [0, 0.1) is 5.82 Å². The van der Waals surface area contributed by atoms with Crippen molar-refractivity contribution in [2.24, 2.45) is 0 Å². The van der Waals surface area contributed by atoms with Gasteiger partial charge in [0.2, 0.25) is 0 Å². The first-order chi connectivity index (χ1) is 10.1. The van der Waals surface area contributed by atoms with Crippen LogP contribution in [0.25, 0.3) is 10.9 Å². The molecule has 1 heterocycles. The number of rotatable bonds is 2. The number of halogens is 2. The van der Waals surface area contributed by atoms with Gasteiger partial charge in [0.05, 0.1) is 17.4 Å². The number of hydrogen-bond acceptors (Lipinski definition) is 3. The summed E-state index contributed by atoms with van der Waals surface area (Å²) in [6.07, 6.45) is 0. The zero-order chi connectivity index (χ0) is 15.0. The Morgan fingerprint density at radius 1 is 1.14 bits per heavy atom. The summed E-state index contributed by atoms with van der Waals surface area (Å²) in [5, 5.41) is 0.287. The van der Waals surface area contributed by atoms with Crippen LogP contribution in [0.5, 0.6) is 0 Å². The van der Waals surface area contributed by atoms with Crippen LogP contribution >= 0.6 is 15.9 Å². The molecule has 0 aliphatic rings. The minimum atomic E-state index is -0.805. The summed E-state index contributed by atoms with van der Waals surface area (Å²) < 4.78 is 20.4. The number of aromatic nitrogens is 1. The Morgan fingerprint density at radius 2 is 1.90 bits per heavy atom. The smallest absolute Gasteiger partial charge is 0.372 e. The van der Waals surface area contributed by atoms with Crippen LogP contribution in [0.3, 0.4) is 0 Å². The molecule has 1 aromatic heterocycles. The highest BCUT2D eigenvalue weighted by Gasteiger charge is 2.11. The third-order valence-corrected chi connectivity index (χ3v) is 3.65. The molecular formula is C15H9BrFNO3. The number of hydrogen-bond donors (Lipinski definition) is 0. The fourth-order valence-corrected chi connectivity index (χ4v) is 2.47. The van der Waals surface area contributed by atoms with Crippen molar-refractivity contribution in [2.45, 2.75) is 6.54 Å². The molecule has 106 valence electrons. The molecule has 0 saturated heterocycles. The maximum absolute atomic E-state index is 13.9. The molecule has 0 radical (unpaired) electrons. The van der Waals surface area contributed by atoms with Crippen molar-refractivity contribution >= 4 is 26.8 Å². The van der Waals surface area contributed by atoms with E-state index >= 15 is 0 Å². The number of para-hydroxylation sites is 1. The molecule has 21 heavy (non-hydrogen) atoms. The summed E-state index contributed by atoms with van der Waals surface area (Å²) >= 11 is 3.18. The van der Waals surface area contributed by atoms with Gasteiger partial charge in [-0.1, -0.05) is 34.1 Å². The van der Waals surface area contributed by atoms with E-state index in [1.165, 1.54) is 10.6 Å². The molecule has 0 atom stereocenters. The van der Waals surface area contributed by atoms with Gasteiger partial charge in [0.15, 0.2) is 0 Å². The van der Waals surface area contributed by atoms with Crippen molar-refractivity contribution in [3.05, 3.63) is 79.3 Å². The molecule has 0 bridgehead atoms. The van der Waals surface area contributed by atoms with E-state index in [4.69, 9.17) is 0 Å². The Labute approximate surface area is 126 Å². The van der Waals surface area contributed by atoms with Crippen LogP contribution in [0.4, 0.5) is 4.39 Å². The summed E-state index contributed by atoms with van der Waals surface area (Å²) in [7, 11) is 0. The Balaban J connectivity index is 2.21. The molecule has 4 nitrogen and oxygen atoms in total. The van der Waals surface area contributed by atoms with Crippen molar-refractivity contribution < 1.29 is 8.81 Å². The molecule has 0 aliphatic carbocycles. The van der Waals surface area contributed by atoms with Crippen molar-refractivity contribution in [1.82, 2.24) is 4.57 Å². The lowest BCUT2D eigenvalue weighted by atomic mass is 10.2. The molecule has 0 saturated carbocycles. The van der Waals surface area contributed by atoms with Crippen LogP contribution in [0.2, 0.25) is 0 Å². The highest BCUT2D eigenvalue weighted by atomic mass is 79.9. The lowest BCUT2D eigenvalue weighted by Gasteiger charge is -2.09. The lowest BCUT2D eigenvalue weighted by molar-refractivity contribution is 0.423. The Kier molecular flexibility index (Phi) is 3.47. The van der Waals surface area contributed by atoms with Gasteiger partial charge in [0.25, 0.3) is 0 Å². The van der Waals surface area contributed by atoms with E-state index in [0.717, 1.165) is 0 Å². The minimum Gasteiger partial charge on any atom is -0.372 e. The third kappa shape index (κ3) is 2.54. The molecule has 0 spiro atoms. The second kappa shape index (κ2) is 5.29. The van der Waals surface area contributed by atoms with Crippen molar-refractivity contribution in [2.75, 3.05) is 0 Å². The van der Waals surface area contributed by atoms with Gasteiger partial charge in [0, 0.05) is 10.0 Å². The molecule has 2 aromatic carbocycles. The van der Waals surface area contributed by atoms with Gasteiger partial charge in [0.1, 0.15) is 5.82 Å². The summed E-state index contributed by atoms with van der Waals surface area (Å²) in [6.45, 7) is -0.0117. The zero-order valence-corrected chi connectivity index (χ0v) is 12.3. The van der Waals surface area contributed by atoms with Crippen LogP contribution < -0.4 is 11.4 Å². The van der Waals surface area contributed by atoms with E-state index < -0.39 is 17.2 Å². The average molecular weight is 350 g/mol. The molecule has 0 unspecified atom stereocenters. The normalized spacial score (nSPS) is 11.0. The number of fused-ring (bicyclic) bond motifs is 1. The Bertz CT molecular complexity index is 946. The minimum absolute atomic E-state index is 0.0117. The second-order valence-electron chi connectivity index (χ2n) is 4.49. The SMILES string of the molecule is O=c1oc(=O)n(Cc2ccc(Br)cc2F)c2ccccc12. The Hall–Kier alpha value is -2.21. The van der Waals surface area contributed by atoms with E-state index in [9.17, 15) is 14.0 Å². The van der Waals surface area contributed by atoms with E-state index in [2.05, 4.69) is 20.3 Å². The highest BCUT2D eigenvalue weighted by Crippen LogP contribution is 2.17. The zero-order valence-electron chi connectivity index (χ0n) is 10.7. The molecule has 0 amide bonds. The van der Waals surface area contributed by atoms with Crippen molar-refractivity contribution in [3.8, 4) is 0 Å². The molecule has 0 aliphatic heterocycles. The predicted octanol–water partition coefficient (Wildman–Crippen LogP) is 2.90. The quantitative estimate of drug-likeness (QED) is 0.714. The van der Waals surface area contributed by atoms with E-state index in [1.54, 1.807) is 36.4 Å². The summed E-state index contributed by atoms with van der Waals surface area (Å²) in [5.74, 6) is -1.24. The van der Waals surface area contributed by atoms with Crippen molar-refractivity contribution in [3.63, 3.8) is 0 Å². The lowest BCUT2D eigenvalue weighted by Crippen LogP contribution is -2.25. The van der Waals surface area contributed by atoms with Gasteiger partial charge in [-0.25, -0.2) is 14.0 Å². The maximum Gasteiger partial charge on any atom is 0.422 e. The topological polar surface area (TPSA) is 52.2 Å². The maximum atomic E-state index is 13.9. The molecule has 0 N–H and O–H groups in total. The van der Waals surface area contributed by atoms with Gasteiger partial charge in [-0.05, 0) is 24.3 Å². The first kappa shape index (κ1) is 13.8. The first-order valence-corrected chi connectivity index (χ1v) is 6.92. The van der Waals surface area contributed by atoms with Gasteiger partial charge in [-0.3, -0.25) is 4.57 Å². The monoisotopic (exact) mass is 349 g/mol. The standard InChI is InChI=1S/C15H9BrFNO3/c16-10-6-5-9(12(17)7-10)8-18-13-4-2-1-3-11(13)14(19)21-15(18)20/h1-7H,8H2. The summed E-state index contributed by atoms with van der Waals surface area (Å²) in [4.78, 5) is 23.6. The fourth-order valence-electron chi connectivity index (χ4n) is 2.14. The Morgan fingerprint density at radius 3 is 2.67 bits per heavy atom. The molecule has 3 aromatic rings. The van der Waals surface area contributed by atoms with E-state index in [0.29, 0.717) is 15.6 Å². The summed E-state index contributed by atoms with van der Waals surface area (Å²) in [5.41, 5.74) is 0.0588. The van der Waals surface area contributed by atoms with Crippen LogP contribution in [-0.2, 0) is 6.54 Å². The number of benzene rings is 2. The highest BCUT2D eigenvalue weighted by molar-refractivity contribution is 9.10. The third-order valence-electron chi connectivity index (χ3n) is 3.16. The van der Waals surface area contributed by atoms with E-state index in [1.807, 2.05) is 0 Å². The van der Waals surface area contributed by atoms with Crippen LogP contribution in [0.1, 0.15) is 5.56 Å². The van der Waals surface area contributed by atoms with Crippen LogP contribution in [-0.4, -0.2) is 4.57 Å². The summed E-state index contributed by atoms with van der Waals surface area (Å²) in [6, 6.07) is 11.2. The van der Waals surface area contributed by atoms with E-state index in [-0.39, 0.29) is 11.9 Å². The van der Waals surface area contributed by atoms with Crippen molar-refractivity contribution in [1.29, 1.82) is 0 Å². The van der Waals surface area contributed by atoms with Gasteiger partial charge >= 0.3 is 11.4 Å². The fraction of sp³-hybridized carbons (Fsp3) is 0.0667. The molecular weight excluding hydrogens is 341 g/mol.